The highest BCUT2D eigenvalue weighted by molar-refractivity contribution is 5.97. The van der Waals surface area contributed by atoms with Crippen molar-refractivity contribution in [1.29, 1.82) is 0 Å². The zero-order valence-electron chi connectivity index (χ0n) is 9.98. The SMILES string of the molecule is COc1ccc(OC)c2nc(C(C)=O)ccc12. The molecule has 0 fully saturated rings. The second-order valence-electron chi connectivity index (χ2n) is 3.62. The zero-order valence-corrected chi connectivity index (χ0v) is 9.98. The Morgan fingerprint density at radius 1 is 1.06 bits per heavy atom. The molecule has 0 unspecified atom stereocenters. The van der Waals surface area contributed by atoms with Crippen LogP contribution in [0.3, 0.4) is 0 Å². The molecule has 0 aliphatic rings. The first-order chi connectivity index (χ1) is 8.17. The molecule has 17 heavy (non-hydrogen) atoms. The van der Waals surface area contributed by atoms with E-state index in [1.54, 1.807) is 26.4 Å². The van der Waals surface area contributed by atoms with Crippen LogP contribution in [0, 0.1) is 0 Å². The van der Waals surface area contributed by atoms with Crippen molar-refractivity contribution in [3.63, 3.8) is 0 Å². The third-order valence-electron chi connectivity index (χ3n) is 2.58. The lowest BCUT2D eigenvalue weighted by Crippen LogP contribution is -1.98. The number of methoxy groups -OCH3 is 2. The van der Waals surface area contributed by atoms with Gasteiger partial charge in [0.2, 0.25) is 0 Å². The summed E-state index contributed by atoms with van der Waals surface area (Å²) in [5.41, 5.74) is 1.06. The van der Waals surface area contributed by atoms with E-state index in [4.69, 9.17) is 9.47 Å². The van der Waals surface area contributed by atoms with Crippen molar-refractivity contribution in [3.8, 4) is 11.5 Å². The molecule has 1 aromatic carbocycles. The van der Waals surface area contributed by atoms with Crippen molar-refractivity contribution in [3.05, 3.63) is 30.0 Å². The minimum Gasteiger partial charge on any atom is -0.496 e. The van der Waals surface area contributed by atoms with Crippen molar-refractivity contribution in [2.75, 3.05) is 14.2 Å². The van der Waals surface area contributed by atoms with E-state index >= 15 is 0 Å². The highest BCUT2D eigenvalue weighted by Crippen LogP contribution is 2.31. The van der Waals surface area contributed by atoms with Gasteiger partial charge in [-0.2, -0.15) is 0 Å². The number of pyridine rings is 1. The molecule has 0 N–H and O–H groups in total. The Hall–Kier alpha value is -2.10. The number of nitrogens with zero attached hydrogens (tertiary/aromatic N) is 1. The number of hydrogen-bond acceptors (Lipinski definition) is 4. The lowest BCUT2D eigenvalue weighted by Gasteiger charge is -2.09. The maximum absolute atomic E-state index is 11.3. The van der Waals surface area contributed by atoms with E-state index in [1.165, 1.54) is 6.92 Å². The molecule has 2 rings (SSSR count). The van der Waals surface area contributed by atoms with Crippen molar-refractivity contribution in [2.24, 2.45) is 0 Å². The van der Waals surface area contributed by atoms with E-state index in [9.17, 15) is 4.79 Å². The molecule has 88 valence electrons. The standard InChI is InChI=1S/C13H13NO3/c1-8(15)10-5-4-9-11(16-2)6-7-12(17-3)13(9)14-10/h4-7H,1-3H3. The van der Waals surface area contributed by atoms with E-state index in [-0.39, 0.29) is 5.78 Å². The van der Waals surface area contributed by atoms with Gasteiger partial charge >= 0.3 is 0 Å². The van der Waals surface area contributed by atoms with E-state index in [1.807, 2.05) is 12.1 Å². The monoisotopic (exact) mass is 231 g/mol. The summed E-state index contributed by atoms with van der Waals surface area (Å²) in [4.78, 5) is 15.6. The van der Waals surface area contributed by atoms with Gasteiger partial charge in [-0.25, -0.2) is 4.98 Å². The summed E-state index contributed by atoms with van der Waals surface area (Å²) < 4.78 is 10.5. The van der Waals surface area contributed by atoms with E-state index in [2.05, 4.69) is 4.98 Å². The lowest BCUT2D eigenvalue weighted by molar-refractivity contribution is 0.101. The zero-order chi connectivity index (χ0) is 12.4. The first-order valence-corrected chi connectivity index (χ1v) is 5.20. The number of rotatable bonds is 3. The number of ketones is 1. The molecule has 0 aliphatic heterocycles. The summed E-state index contributed by atoms with van der Waals surface area (Å²) in [5, 5.41) is 0.830. The normalized spacial score (nSPS) is 10.3. The first kappa shape index (κ1) is 11.4. The molecule has 0 spiro atoms. The number of ether oxygens (including phenoxy) is 2. The Balaban J connectivity index is 2.77. The predicted octanol–water partition coefficient (Wildman–Crippen LogP) is 2.45. The van der Waals surface area contributed by atoms with E-state index < -0.39 is 0 Å². The summed E-state index contributed by atoms with van der Waals surface area (Å²) in [7, 11) is 3.17. The summed E-state index contributed by atoms with van der Waals surface area (Å²) in [5.74, 6) is 1.27. The van der Waals surface area contributed by atoms with Crippen LogP contribution >= 0.6 is 0 Å². The second kappa shape index (κ2) is 4.41. The van der Waals surface area contributed by atoms with Crippen LogP contribution in [0.25, 0.3) is 10.9 Å². The predicted molar refractivity (Wildman–Crippen MR) is 64.9 cm³/mol. The first-order valence-electron chi connectivity index (χ1n) is 5.20. The number of carbonyl (C=O) groups is 1. The molecule has 0 bridgehead atoms. The van der Waals surface area contributed by atoms with Gasteiger partial charge in [0.25, 0.3) is 0 Å². The Kier molecular flexibility index (Phi) is 2.95. The summed E-state index contributed by atoms with van der Waals surface area (Å²) in [6.07, 6.45) is 0. The second-order valence-corrected chi connectivity index (χ2v) is 3.62. The molecule has 2 aromatic rings. The fourth-order valence-electron chi connectivity index (χ4n) is 1.70. The van der Waals surface area contributed by atoms with Gasteiger partial charge in [0, 0.05) is 12.3 Å². The number of aromatic nitrogens is 1. The number of Topliss-reactive ketones (excluding diaryl/α,β-unsaturated/α-hetero) is 1. The minimum atomic E-state index is -0.0724. The number of benzene rings is 1. The van der Waals surface area contributed by atoms with Gasteiger partial charge in [-0.3, -0.25) is 4.79 Å². The van der Waals surface area contributed by atoms with Gasteiger partial charge in [0.1, 0.15) is 22.7 Å². The molecule has 0 saturated carbocycles. The summed E-state index contributed by atoms with van der Waals surface area (Å²) >= 11 is 0. The lowest BCUT2D eigenvalue weighted by atomic mass is 10.1. The van der Waals surface area contributed by atoms with Crippen molar-refractivity contribution in [2.45, 2.75) is 6.92 Å². The average Bonchev–Trinajstić information content (AvgIpc) is 2.36. The molecule has 0 atom stereocenters. The molecule has 0 amide bonds. The van der Waals surface area contributed by atoms with Gasteiger partial charge in [-0.1, -0.05) is 0 Å². The molecule has 0 aliphatic carbocycles. The van der Waals surface area contributed by atoms with Gasteiger partial charge in [0.15, 0.2) is 5.78 Å². The topological polar surface area (TPSA) is 48.4 Å². The van der Waals surface area contributed by atoms with Crippen LogP contribution in [0.5, 0.6) is 11.5 Å². The third-order valence-corrected chi connectivity index (χ3v) is 2.58. The number of hydrogen-bond donors (Lipinski definition) is 0. The van der Waals surface area contributed by atoms with Gasteiger partial charge in [0.05, 0.1) is 14.2 Å². The number of carbonyl (C=O) groups excluding carboxylic acids is 1. The maximum Gasteiger partial charge on any atom is 0.178 e. The van der Waals surface area contributed by atoms with Crippen LogP contribution in [-0.2, 0) is 0 Å². The molecule has 1 aromatic heterocycles. The molecular weight excluding hydrogens is 218 g/mol. The minimum absolute atomic E-state index is 0.0724. The molecule has 4 nitrogen and oxygen atoms in total. The Morgan fingerprint density at radius 3 is 2.29 bits per heavy atom. The number of fused-ring (bicyclic) bond motifs is 1. The average molecular weight is 231 g/mol. The van der Waals surface area contributed by atoms with Gasteiger partial charge in [-0.05, 0) is 24.3 Å². The smallest absolute Gasteiger partial charge is 0.178 e. The Labute approximate surface area is 99.2 Å². The summed E-state index contributed by atoms with van der Waals surface area (Å²) in [6.45, 7) is 1.49. The van der Waals surface area contributed by atoms with E-state index in [0.717, 1.165) is 5.39 Å². The van der Waals surface area contributed by atoms with Crippen molar-refractivity contribution >= 4 is 16.7 Å². The van der Waals surface area contributed by atoms with Crippen LogP contribution in [0.4, 0.5) is 0 Å². The van der Waals surface area contributed by atoms with Crippen molar-refractivity contribution in [1.82, 2.24) is 4.98 Å². The fourth-order valence-corrected chi connectivity index (χ4v) is 1.70. The highest BCUT2D eigenvalue weighted by Gasteiger charge is 2.10. The Morgan fingerprint density at radius 2 is 1.71 bits per heavy atom. The fraction of sp³-hybridized carbons (Fsp3) is 0.231. The van der Waals surface area contributed by atoms with Crippen LogP contribution < -0.4 is 9.47 Å². The molecule has 0 saturated heterocycles. The van der Waals surface area contributed by atoms with Gasteiger partial charge in [-0.15, -0.1) is 0 Å². The molecule has 4 heteroatoms. The van der Waals surface area contributed by atoms with Crippen LogP contribution in [0.1, 0.15) is 17.4 Å². The van der Waals surface area contributed by atoms with Crippen molar-refractivity contribution < 1.29 is 14.3 Å². The Bertz CT molecular complexity index is 578. The highest BCUT2D eigenvalue weighted by atomic mass is 16.5. The maximum atomic E-state index is 11.3. The molecule has 0 radical (unpaired) electrons. The van der Waals surface area contributed by atoms with Gasteiger partial charge < -0.3 is 9.47 Å². The largest absolute Gasteiger partial charge is 0.496 e. The molecular formula is C13H13NO3. The van der Waals surface area contributed by atoms with Crippen LogP contribution in [-0.4, -0.2) is 25.0 Å². The van der Waals surface area contributed by atoms with Crippen LogP contribution in [0.15, 0.2) is 24.3 Å². The van der Waals surface area contributed by atoms with Crippen LogP contribution in [0.2, 0.25) is 0 Å². The third kappa shape index (κ3) is 1.93. The van der Waals surface area contributed by atoms with E-state index in [0.29, 0.717) is 22.7 Å². The summed E-state index contributed by atoms with van der Waals surface area (Å²) in [6, 6.07) is 7.10. The quantitative estimate of drug-likeness (QED) is 0.761. The molecule has 1 heterocycles.